The number of carbonyl (C=O) groups is 2. The van der Waals surface area contributed by atoms with Gasteiger partial charge in [0.05, 0.1) is 24.9 Å². The Balaban J connectivity index is 2.03. The topological polar surface area (TPSA) is 86.1 Å². The minimum Gasteiger partial charge on any atom is -0.468 e. The van der Waals surface area contributed by atoms with Crippen molar-refractivity contribution in [2.45, 2.75) is 38.8 Å². The molecule has 0 saturated heterocycles. The Morgan fingerprint density at radius 3 is 2.63 bits per heavy atom. The third kappa shape index (κ3) is 6.39. The van der Waals surface area contributed by atoms with Crippen LogP contribution < -0.4 is 5.32 Å². The predicted octanol–water partition coefficient (Wildman–Crippen LogP) is 2.37. The Hall–Kier alpha value is -2.35. The van der Waals surface area contributed by atoms with Gasteiger partial charge in [0.15, 0.2) is 0 Å². The van der Waals surface area contributed by atoms with Crippen LogP contribution >= 0.6 is 11.8 Å². The molecule has 0 fully saturated rings. The molecule has 8 heteroatoms. The van der Waals surface area contributed by atoms with E-state index in [9.17, 15) is 9.59 Å². The summed E-state index contributed by atoms with van der Waals surface area (Å²) < 4.78 is 6.38. The summed E-state index contributed by atoms with van der Waals surface area (Å²) in [4.78, 5) is 27.6. The number of ether oxygens (including phenoxy) is 1. The molecule has 146 valence electrons. The predicted molar refractivity (Wildman–Crippen MR) is 106 cm³/mol. The number of thioether (sulfide) groups is 1. The van der Waals surface area contributed by atoms with Crippen molar-refractivity contribution >= 4 is 23.6 Å². The fourth-order valence-corrected chi connectivity index (χ4v) is 3.52. The molecule has 2 aromatic rings. The highest BCUT2D eigenvalue weighted by Crippen LogP contribution is 2.24. The maximum atomic E-state index is 12.4. The van der Waals surface area contributed by atoms with Gasteiger partial charge in [-0.1, -0.05) is 36.8 Å². The summed E-state index contributed by atoms with van der Waals surface area (Å²) in [5, 5.41) is 7.41. The average molecular weight is 391 g/mol. The maximum absolute atomic E-state index is 12.4. The molecule has 0 radical (unpaired) electrons. The third-order valence-electron chi connectivity index (χ3n) is 4.23. The van der Waals surface area contributed by atoms with Crippen molar-refractivity contribution in [3.05, 3.63) is 48.0 Å². The number of aromatic nitrogens is 3. The highest BCUT2D eigenvalue weighted by Gasteiger charge is 2.25. The number of nitrogens with zero attached hydrogens (tertiary/aromatic N) is 3. The van der Waals surface area contributed by atoms with Crippen LogP contribution in [0.4, 0.5) is 0 Å². The molecule has 0 saturated carbocycles. The summed E-state index contributed by atoms with van der Waals surface area (Å²) in [6.07, 6.45) is 4.26. The van der Waals surface area contributed by atoms with Gasteiger partial charge in [-0.05, 0) is 18.9 Å². The minimum atomic E-state index is -0.280. The molecule has 0 aliphatic heterocycles. The van der Waals surface area contributed by atoms with Crippen molar-refractivity contribution in [1.82, 2.24) is 20.1 Å². The number of aryl methyl sites for hydroxylation is 1. The standard InChI is InChI=1S/C19H26N4O3S/c1-4-16(22-17(24)9-10-27-11-18(25)26-3)19(23-13-20-12-21-23)15-7-5-14(2)6-8-15/h5-8,12-13,16,19H,4,9-11H2,1-3H3,(H,22,24)/t16-,19+/m1/s1. The summed E-state index contributed by atoms with van der Waals surface area (Å²) >= 11 is 1.39. The lowest BCUT2D eigenvalue weighted by molar-refractivity contribution is -0.137. The van der Waals surface area contributed by atoms with E-state index in [1.54, 1.807) is 11.0 Å². The van der Waals surface area contributed by atoms with Crippen LogP contribution in [0.2, 0.25) is 0 Å². The largest absolute Gasteiger partial charge is 0.468 e. The third-order valence-corrected chi connectivity index (χ3v) is 5.16. The van der Waals surface area contributed by atoms with Crippen LogP contribution in [-0.4, -0.2) is 51.3 Å². The van der Waals surface area contributed by atoms with Gasteiger partial charge in [0.25, 0.3) is 0 Å². The van der Waals surface area contributed by atoms with E-state index in [1.165, 1.54) is 30.8 Å². The first kappa shape index (κ1) is 21.0. The van der Waals surface area contributed by atoms with E-state index in [2.05, 4.69) is 44.4 Å². The first-order valence-corrected chi connectivity index (χ1v) is 10.0. The van der Waals surface area contributed by atoms with Gasteiger partial charge in [0.2, 0.25) is 5.91 Å². The van der Waals surface area contributed by atoms with E-state index in [1.807, 2.05) is 13.8 Å². The Kier molecular flexibility index (Phi) is 8.32. The fourth-order valence-electron chi connectivity index (χ4n) is 2.76. The van der Waals surface area contributed by atoms with Gasteiger partial charge in [-0.3, -0.25) is 9.59 Å². The summed E-state index contributed by atoms with van der Waals surface area (Å²) in [7, 11) is 1.36. The first-order chi connectivity index (χ1) is 13.0. The van der Waals surface area contributed by atoms with Gasteiger partial charge in [0.1, 0.15) is 12.7 Å². The molecular weight excluding hydrogens is 364 g/mol. The smallest absolute Gasteiger partial charge is 0.315 e. The van der Waals surface area contributed by atoms with Crippen molar-refractivity contribution in [3.8, 4) is 0 Å². The lowest BCUT2D eigenvalue weighted by atomic mass is 9.96. The Labute approximate surface area is 163 Å². The maximum Gasteiger partial charge on any atom is 0.315 e. The second kappa shape index (κ2) is 10.7. The highest BCUT2D eigenvalue weighted by molar-refractivity contribution is 7.99. The lowest BCUT2D eigenvalue weighted by Gasteiger charge is -2.28. The Bertz CT molecular complexity index is 719. The summed E-state index contributed by atoms with van der Waals surface area (Å²) in [6.45, 7) is 4.08. The van der Waals surface area contributed by atoms with Gasteiger partial charge in [-0.2, -0.15) is 5.10 Å². The minimum absolute atomic E-state index is 0.0450. The molecule has 7 nitrogen and oxygen atoms in total. The molecule has 0 unspecified atom stereocenters. The van der Waals surface area contributed by atoms with E-state index in [0.29, 0.717) is 12.2 Å². The molecule has 0 spiro atoms. The Morgan fingerprint density at radius 1 is 1.30 bits per heavy atom. The fraction of sp³-hybridized carbons (Fsp3) is 0.474. The number of hydrogen-bond donors (Lipinski definition) is 1. The van der Waals surface area contributed by atoms with Crippen LogP contribution in [0.3, 0.4) is 0 Å². The average Bonchev–Trinajstić information content (AvgIpc) is 3.20. The molecule has 1 aromatic heterocycles. The summed E-state index contributed by atoms with van der Waals surface area (Å²) in [5.74, 6) is 0.496. The molecule has 0 bridgehead atoms. The quantitative estimate of drug-likeness (QED) is 0.495. The molecule has 1 heterocycles. The Morgan fingerprint density at radius 2 is 2.04 bits per heavy atom. The van der Waals surface area contributed by atoms with Crippen molar-refractivity contribution < 1.29 is 14.3 Å². The number of carbonyl (C=O) groups excluding carboxylic acids is 2. The van der Waals surface area contributed by atoms with Gasteiger partial charge in [0, 0.05) is 12.2 Å². The number of esters is 1. The SMILES string of the molecule is CC[C@@H](NC(=O)CCSCC(=O)OC)[C@H](c1ccc(C)cc1)n1cncn1. The van der Waals surface area contributed by atoms with Crippen LogP contribution in [0.15, 0.2) is 36.9 Å². The summed E-state index contributed by atoms with van der Waals surface area (Å²) in [6, 6.07) is 7.97. The van der Waals surface area contributed by atoms with E-state index in [4.69, 9.17) is 0 Å². The van der Waals surface area contributed by atoms with E-state index in [-0.39, 0.29) is 29.7 Å². The molecule has 1 aromatic carbocycles. The zero-order chi connectivity index (χ0) is 19.6. The normalized spacial score (nSPS) is 13.0. The van der Waals surface area contributed by atoms with Gasteiger partial charge < -0.3 is 10.1 Å². The van der Waals surface area contributed by atoms with Crippen LogP contribution in [0.1, 0.15) is 36.9 Å². The second-order valence-electron chi connectivity index (χ2n) is 6.19. The second-order valence-corrected chi connectivity index (χ2v) is 7.30. The zero-order valence-corrected chi connectivity index (χ0v) is 16.7. The van der Waals surface area contributed by atoms with E-state index in [0.717, 1.165) is 12.0 Å². The van der Waals surface area contributed by atoms with Crippen molar-refractivity contribution in [2.75, 3.05) is 18.6 Å². The number of rotatable bonds is 10. The van der Waals surface area contributed by atoms with Crippen LogP contribution in [0.5, 0.6) is 0 Å². The van der Waals surface area contributed by atoms with Crippen LogP contribution in [-0.2, 0) is 14.3 Å². The number of nitrogens with one attached hydrogen (secondary N) is 1. The molecular formula is C19H26N4O3S. The molecule has 2 rings (SSSR count). The van der Waals surface area contributed by atoms with Gasteiger partial charge >= 0.3 is 5.97 Å². The molecule has 0 aliphatic rings. The molecule has 27 heavy (non-hydrogen) atoms. The van der Waals surface area contributed by atoms with Gasteiger partial charge in [-0.25, -0.2) is 9.67 Å². The van der Waals surface area contributed by atoms with Crippen molar-refractivity contribution in [1.29, 1.82) is 0 Å². The van der Waals surface area contributed by atoms with Crippen molar-refractivity contribution in [2.24, 2.45) is 0 Å². The van der Waals surface area contributed by atoms with Crippen LogP contribution in [0.25, 0.3) is 0 Å². The number of amides is 1. The molecule has 2 atom stereocenters. The molecule has 1 N–H and O–H groups in total. The van der Waals surface area contributed by atoms with E-state index >= 15 is 0 Å². The van der Waals surface area contributed by atoms with Gasteiger partial charge in [-0.15, -0.1) is 11.8 Å². The van der Waals surface area contributed by atoms with Crippen molar-refractivity contribution in [3.63, 3.8) is 0 Å². The zero-order valence-electron chi connectivity index (χ0n) is 15.9. The monoisotopic (exact) mass is 390 g/mol. The first-order valence-electron chi connectivity index (χ1n) is 8.89. The number of methoxy groups -OCH3 is 1. The molecule has 0 aliphatic carbocycles. The summed E-state index contributed by atoms with van der Waals surface area (Å²) in [5.41, 5.74) is 2.24. The highest BCUT2D eigenvalue weighted by atomic mass is 32.2. The number of benzene rings is 1. The lowest BCUT2D eigenvalue weighted by Crippen LogP contribution is -2.41. The number of hydrogen-bond acceptors (Lipinski definition) is 6. The van der Waals surface area contributed by atoms with E-state index < -0.39 is 0 Å². The van der Waals surface area contributed by atoms with Crippen LogP contribution in [0, 0.1) is 6.92 Å². The molecule has 1 amide bonds.